The number of aromatic nitrogens is 1. The van der Waals surface area contributed by atoms with Gasteiger partial charge >= 0.3 is 5.97 Å². The van der Waals surface area contributed by atoms with Gasteiger partial charge in [0.2, 0.25) is 0 Å². The molecular formula is C14H15NO2. The second-order valence-corrected chi connectivity index (χ2v) is 4.55. The molecule has 1 aromatic heterocycles. The number of fused-ring (bicyclic) bond motifs is 1. The van der Waals surface area contributed by atoms with Gasteiger partial charge in [0.05, 0.1) is 11.1 Å². The highest BCUT2D eigenvalue weighted by atomic mass is 16.4. The Bertz CT molecular complexity index is 588. The van der Waals surface area contributed by atoms with Crippen molar-refractivity contribution in [2.45, 2.75) is 26.7 Å². The lowest BCUT2D eigenvalue weighted by Gasteiger charge is -2.09. The van der Waals surface area contributed by atoms with Crippen molar-refractivity contribution in [2.24, 2.45) is 0 Å². The zero-order valence-corrected chi connectivity index (χ0v) is 10.2. The molecule has 3 heteroatoms. The minimum atomic E-state index is -0.901. The van der Waals surface area contributed by atoms with Gasteiger partial charge < -0.3 is 5.11 Å². The second-order valence-electron chi connectivity index (χ2n) is 4.55. The number of nitrogens with zero attached hydrogens (tertiary/aromatic N) is 1. The quantitative estimate of drug-likeness (QED) is 0.859. The van der Waals surface area contributed by atoms with Crippen molar-refractivity contribution in [1.29, 1.82) is 0 Å². The van der Waals surface area contributed by atoms with Crippen molar-refractivity contribution in [3.63, 3.8) is 0 Å². The summed E-state index contributed by atoms with van der Waals surface area (Å²) in [6, 6.07) is 7.44. The zero-order chi connectivity index (χ0) is 12.6. The standard InChI is InChI=1S/C14H15NO2/c1-8(2)10-4-5-13-11(7-10)12(14(16)17)6-9(3)15-13/h4-8H,1-3H3,(H,16,17). The second kappa shape index (κ2) is 4.17. The van der Waals surface area contributed by atoms with Crippen LogP contribution in [0, 0.1) is 6.92 Å². The third-order valence-corrected chi connectivity index (χ3v) is 2.86. The molecule has 0 saturated heterocycles. The fraction of sp³-hybridized carbons (Fsp3) is 0.286. The van der Waals surface area contributed by atoms with Crippen LogP contribution in [0.15, 0.2) is 24.3 Å². The highest BCUT2D eigenvalue weighted by Gasteiger charge is 2.11. The van der Waals surface area contributed by atoms with Crippen LogP contribution in [0.25, 0.3) is 10.9 Å². The Morgan fingerprint density at radius 3 is 2.59 bits per heavy atom. The van der Waals surface area contributed by atoms with Gasteiger partial charge in [-0.05, 0) is 36.6 Å². The lowest BCUT2D eigenvalue weighted by Crippen LogP contribution is -2.01. The Labute approximate surface area is 100 Å². The molecule has 1 heterocycles. The normalized spacial score (nSPS) is 11.1. The van der Waals surface area contributed by atoms with Crippen LogP contribution < -0.4 is 0 Å². The van der Waals surface area contributed by atoms with Gasteiger partial charge in [-0.25, -0.2) is 4.79 Å². The highest BCUT2D eigenvalue weighted by Crippen LogP contribution is 2.23. The number of pyridine rings is 1. The van der Waals surface area contributed by atoms with Crippen molar-refractivity contribution < 1.29 is 9.90 Å². The maximum Gasteiger partial charge on any atom is 0.336 e. The Morgan fingerprint density at radius 2 is 2.00 bits per heavy atom. The van der Waals surface area contributed by atoms with Gasteiger partial charge in [-0.3, -0.25) is 4.98 Å². The van der Waals surface area contributed by atoms with Gasteiger partial charge in [0.1, 0.15) is 0 Å². The average molecular weight is 229 g/mol. The van der Waals surface area contributed by atoms with Crippen LogP contribution in [0.5, 0.6) is 0 Å². The van der Waals surface area contributed by atoms with E-state index in [0.717, 1.165) is 16.8 Å². The smallest absolute Gasteiger partial charge is 0.336 e. The molecule has 0 amide bonds. The Hall–Kier alpha value is -1.90. The maximum absolute atomic E-state index is 11.2. The van der Waals surface area contributed by atoms with E-state index in [1.54, 1.807) is 6.07 Å². The predicted octanol–water partition coefficient (Wildman–Crippen LogP) is 3.36. The number of aryl methyl sites for hydroxylation is 1. The van der Waals surface area contributed by atoms with Crippen LogP contribution in [0.3, 0.4) is 0 Å². The SMILES string of the molecule is Cc1cc(C(=O)O)c2cc(C(C)C)ccc2n1. The molecule has 0 bridgehead atoms. The molecule has 0 aliphatic carbocycles. The topological polar surface area (TPSA) is 50.2 Å². The Kier molecular flexibility index (Phi) is 2.84. The third kappa shape index (κ3) is 2.13. The van der Waals surface area contributed by atoms with E-state index in [1.807, 2.05) is 25.1 Å². The largest absolute Gasteiger partial charge is 0.478 e. The van der Waals surface area contributed by atoms with Crippen LogP contribution in [0.2, 0.25) is 0 Å². The monoisotopic (exact) mass is 229 g/mol. The number of carboxylic acids is 1. The first kappa shape index (κ1) is 11.6. The molecule has 2 aromatic rings. The van der Waals surface area contributed by atoms with E-state index in [1.165, 1.54) is 0 Å². The summed E-state index contributed by atoms with van der Waals surface area (Å²) in [4.78, 5) is 15.6. The van der Waals surface area contributed by atoms with Gasteiger partial charge in [-0.15, -0.1) is 0 Å². The lowest BCUT2D eigenvalue weighted by atomic mass is 9.98. The first-order valence-corrected chi connectivity index (χ1v) is 5.63. The molecule has 88 valence electrons. The molecule has 0 aliphatic rings. The highest BCUT2D eigenvalue weighted by molar-refractivity contribution is 6.02. The molecule has 17 heavy (non-hydrogen) atoms. The number of benzene rings is 1. The van der Waals surface area contributed by atoms with E-state index in [4.69, 9.17) is 0 Å². The fourth-order valence-electron chi connectivity index (χ4n) is 1.91. The molecule has 2 rings (SSSR count). The molecule has 0 aliphatic heterocycles. The summed E-state index contributed by atoms with van der Waals surface area (Å²) in [5.41, 5.74) is 2.93. The van der Waals surface area contributed by atoms with Gasteiger partial charge in [0.25, 0.3) is 0 Å². The average Bonchev–Trinajstić information content (AvgIpc) is 2.26. The number of hydrogen-bond donors (Lipinski definition) is 1. The first-order chi connectivity index (χ1) is 7.99. The number of carbonyl (C=O) groups is 1. The van der Waals surface area contributed by atoms with E-state index in [-0.39, 0.29) is 0 Å². The summed E-state index contributed by atoms with van der Waals surface area (Å²) in [5.74, 6) is -0.524. The van der Waals surface area contributed by atoms with E-state index >= 15 is 0 Å². The summed E-state index contributed by atoms with van der Waals surface area (Å²) in [7, 11) is 0. The molecule has 0 unspecified atom stereocenters. The van der Waals surface area contributed by atoms with Crippen molar-refractivity contribution >= 4 is 16.9 Å². The molecule has 0 atom stereocenters. The summed E-state index contributed by atoms with van der Waals surface area (Å²) in [6.45, 7) is 5.98. The third-order valence-electron chi connectivity index (χ3n) is 2.86. The van der Waals surface area contributed by atoms with E-state index in [0.29, 0.717) is 16.9 Å². The molecule has 1 N–H and O–H groups in total. The number of rotatable bonds is 2. The van der Waals surface area contributed by atoms with Crippen LogP contribution >= 0.6 is 0 Å². The predicted molar refractivity (Wildman–Crippen MR) is 67.5 cm³/mol. The molecular weight excluding hydrogens is 214 g/mol. The van der Waals surface area contributed by atoms with Gasteiger partial charge in [0.15, 0.2) is 0 Å². The van der Waals surface area contributed by atoms with Crippen molar-refractivity contribution in [3.8, 4) is 0 Å². The zero-order valence-electron chi connectivity index (χ0n) is 10.2. The van der Waals surface area contributed by atoms with Crippen molar-refractivity contribution in [1.82, 2.24) is 4.98 Å². The van der Waals surface area contributed by atoms with Gasteiger partial charge in [-0.2, -0.15) is 0 Å². The summed E-state index contributed by atoms with van der Waals surface area (Å²) >= 11 is 0. The van der Waals surface area contributed by atoms with Crippen LogP contribution in [-0.2, 0) is 0 Å². The van der Waals surface area contributed by atoms with E-state index < -0.39 is 5.97 Å². The maximum atomic E-state index is 11.2. The number of hydrogen-bond acceptors (Lipinski definition) is 2. The van der Waals surface area contributed by atoms with Crippen molar-refractivity contribution in [3.05, 3.63) is 41.1 Å². The lowest BCUT2D eigenvalue weighted by molar-refractivity contribution is 0.0699. The molecule has 0 radical (unpaired) electrons. The fourth-order valence-corrected chi connectivity index (χ4v) is 1.91. The molecule has 0 fully saturated rings. The van der Waals surface area contributed by atoms with E-state index in [2.05, 4.69) is 18.8 Å². The van der Waals surface area contributed by atoms with Crippen molar-refractivity contribution in [2.75, 3.05) is 0 Å². The van der Waals surface area contributed by atoms with Gasteiger partial charge in [-0.1, -0.05) is 19.9 Å². The van der Waals surface area contributed by atoms with Gasteiger partial charge in [0, 0.05) is 11.1 Å². The summed E-state index contributed by atoms with van der Waals surface area (Å²) in [5, 5.41) is 9.93. The van der Waals surface area contributed by atoms with Crippen LogP contribution in [-0.4, -0.2) is 16.1 Å². The molecule has 1 aromatic carbocycles. The minimum absolute atomic E-state index is 0.329. The van der Waals surface area contributed by atoms with E-state index in [9.17, 15) is 9.90 Å². The van der Waals surface area contributed by atoms with Crippen LogP contribution in [0.4, 0.5) is 0 Å². The molecule has 3 nitrogen and oxygen atoms in total. The Balaban J connectivity index is 2.78. The first-order valence-electron chi connectivity index (χ1n) is 5.63. The Morgan fingerprint density at radius 1 is 1.29 bits per heavy atom. The molecule has 0 spiro atoms. The molecule has 0 saturated carbocycles. The summed E-state index contributed by atoms with van der Waals surface area (Å²) < 4.78 is 0. The van der Waals surface area contributed by atoms with Crippen LogP contribution in [0.1, 0.15) is 41.4 Å². The minimum Gasteiger partial charge on any atom is -0.478 e. The summed E-state index contributed by atoms with van der Waals surface area (Å²) in [6.07, 6.45) is 0. The number of carboxylic acid groups (broad SMARTS) is 1. The number of aromatic carboxylic acids is 1.